The maximum atomic E-state index is 11.6. The Kier molecular flexibility index (Phi) is 3.75. The van der Waals surface area contributed by atoms with E-state index in [4.69, 9.17) is 11.1 Å². The molecule has 90 valence electrons. The number of carbonyl (C=O) groups is 1. The first-order valence-electron chi connectivity index (χ1n) is 4.78. The molecule has 0 aliphatic rings. The van der Waals surface area contributed by atoms with Crippen molar-refractivity contribution in [3.63, 3.8) is 0 Å². The molecule has 0 fully saturated rings. The number of hydrogen-bond acceptors (Lipinski definition) is 2. The van der Waals surface area contributed by atoms with E-state index in [2.05, 4.69) is 5.32 Å². The molecule has 1 heterocycles. The van der Waals surface area contributed by atoms with Gasteiger partial charge in [0.1, 0.15) is 0 Å². The van der Waals surface area contributed by atoms with Crippen molar-refractivity contribution in [3.05, 3.63) is 36.0 Å². The molecule has 0 aliphatic carbocycles. The predicted molar refractivity (Wildman–Crippen MR) is 69.5 cm³/mol. The van der Waals surface area contributed by atoms with E-state index in [1.54, 1.807) is 12.1 Å². The molecule has 0 saturated carbocycles. The fraction of sp³-hybridized carbons (Fsp3) is 0.0909. The van der Waals surface area contributed by atoms with Gasteiger partial charge in [-0.15, -0.1) is 12.4 Å². The van der Waals surface area contributed by atoms with Gasteiger partial charge in [-0.3, -0.25) is 15.5 Å². The molecule has 0 saturated heterocycles. The average Bonchev–Trinajstić information content (AvgIpc) is 2.59. The zero-order valence-electron chi connectivity index (χ0n) is 9.23. The number of hydrogen-bond donors (Lipinski definition) is 3. The molecular weight excluding hydrogens is 240 g/mol. The van der Waals surface area contributed by atoms with Gasteiger partial charge in [-0.2, -0.15) is 0 Å². The zero-order valence-corrected chi connectivity index (χ0v) is 10.0. The van der Waals surface area contributed by atoms with Gasteiger partial charge in [-0.25, -0.2) is 0 Å². The predicted octanol–water partition coefficient (Wildman–Crippen LogP) is 1.22. The van der Waals surface area contributed by atoms with E-state index in [1.807, 2.05) is 29.9 Å². The molecule has 6 heteroatoms. The highest BCUT2D eigenvalue weighted by Gasteiger charge is 2.07. The molecule has 4 N–H and O–H groups in total. The lowest BCUT2D eigenvalue weighted by molar-refractivity contribution is 0.0976. The number of carbonyl (C=O) groups excluding carboxylic acids is 1. The summed E-state index contributed by atoms with van der Waals surface area (Å²) in [5.74, 6) is -0.712. The van der Waals surface area contributed by atoms with Crippen LogP contribution in [0.15, 0.2) is 30.5 Å². The first-order chi connectivity index (χ1) is 7.58. The van der Waals surface area contributed by atoms with Gasteiger partial charge in [0.25, 0.3) is 5.91 Å². The van der Waals surface area contributed by atoms with Gasteiger partial charge >= 0.3 is 0 Å². The van der Waals surface area contributed by atoms with E-state index in [0.29, 0.717) is 5.56 Å². The van der Waals surface area contributed by atoms with Crippen LogP contribution in [-0.2, 0) is 7.05 Å². The molecule has 1 amide bonds. The van der Waals surface area contributed by atoms with Crippen LogP contribution < -0.4 is 11.1 Å². The number of halogens is 1. The third-order valence-electron chi connectivity index (χ3n) is 2.40. The maximum absolute atomic E-state index is 11.6. The second-order valence-corrected chi connectivity index (χ2v) is 3.57. The van der Waals surface area contributed by atoms with Gasteiger partial charge in [0.05, 0.1) is 0 Å². The van der Waals surface area contributed by atoms with Crippen molar-refractivity contribution >= 4 is 35.2 Å². The minimum absolute atomic E-state index is 0. The van der Waals surface area contributed by atoms with Crippen molar-refractivity contribution in [1.29, 1.82) is 5.41 Å². The molecule has 0 aliphatic heterocycles. The van der Waals surface area contributed by atoms with E-state index in [9.17, 15) is 4.79 Å². The monoisotopic (exact) mass is 252 g/mol. The summed E-state index contributed by atoms with van der Waals surface area (Å²) in [6.45, 7) is 0. The van der Waals surface area contributed by atoms with Crippen LogP contribution in [0.3, 0.4) is 0 Å². The van der Waals surface area contributed by atoms with Gasteiger partial charge in [-0.1, -0.05) is 0 Å². The van der Waals surface area contributed by atoms with Gasteiger partial charge in [0, 0.05) is 29.7 Å². The number of aryl methyl sites for hydroxylation is 1. The number of fused-ring (bicyclic) bond motifs is 1. The van der Waals surface area contributed by atoms with Gasteiger partial charge in [-0.05, 0) is 24.3 Å². The molecule has 2 rings (SSSR count). The summed E-state index contributed by atoms with van der Waals surface area (Å²) < 4.78 is 1.97. The van der Waals surface area contributed by atoms with Crippen LogP contribution in [-0.4, -0.2) is 16.4 Å². The van der Waals surface area contributed by atoms with Gasteiger partial charge in [0.15, 0.2) is 5.96 Å². The zero-order chi connectivity index (χ0) is 11.7. The highest BCUT2D eigenvalue weighted by Crippen LogP contribution is 2.16. The van der Waals surface area contributed by atoms with Gasteiger partial charge in [0.2, 0.25) is 0 Å². The van der Waals surface area contributed by atoms with Crippen LogP contribution >= 0.6 is 12.4 Å². The van der Waals surface area contributed by atoms with Crippen molar-refractivity contribution in [3.8, 4) is 0 Å². The standard InChI is InChI=1S/C11H12N4O.ClH/c1-15-5-4-7-6-8(2-3-9(7)15)10(16)14-11(12)13;/h2-6H,1H3,(H4,12,13,14,16);1H. The number of nitrogens with zero attached hydrogens (tertiary/aromatic N) is 1. The molecular formula is C11H13ClN4O. The summed E-state index contributed by atoms with van der Waals surface area (Å²) in [5, 5.41) is 10.2. The van der Waals surface area contributed by atoms with E-state index in [-0.39, 0.29) is 24.3 Å². The molecule has 0 unspecified atom stereocenters. The molecule has 1 aromatic carbocycles. The Labute approximate surface area is 105 Å². The summed E-state index contributed by atoms with van der Waals surface area (Å²) in [5.41, 5.74) is 6.64. The first-order valence-corrected chi connectivity index (χ1v) is 4.78. The van der Waals surface area contributed by atoms with Crippen LogP contribution in [0.1, 0.15) is 10.4 Å². The minimum atomic E-state index is -0.363. The largest absolute Gasteiger partial charge is 0.370 e. The van der Waals surface area contributed by atoms with E-state index < -0.39 is 0 Å². The summed E-state index contributed by atoms with van der Waals surface area (Å²) in [7, 11) is 1.94. The van der Waals surface area contributed by atoms with Crippen molar-refractivity contribution in [1.82, 2.24) is 9.88 Å². The Morgan fingerprint density at radius 2 is 2.12 bits per heavy atom. The van der Waals surface area contributed by atoms with Crippen LogP contribution in [0.25, 0.3) is 10.9 Å². The second-order valence-electron chi connectivity index (χ2n) is 3.57. The molecule has 0 bridgehead atoms. The molecule has 1 aromatic heterocycles. The molecule has 0 atom stereocenters. The van der Waals surface area contributed by atoms with Crippen LogP contribution in [0, 0.1) is 5.41 Å². The van der Waals surface area contributed by atoms with Crippen molar-refractivity contribution < 1.29 is 4.79 Å². The summed E-state index contributed by atoms with van der Waals surface area (Å²) in [4.78, 5) is 11.6. The Hall–Kier alpha value is -2.01. The van der Waals surface area contributed by atoms with E-state index in [1.165, 1.54) is 0 Å². The Morgan fingerprint density at radius 1 is 1.41 bits per heavy atom. The molecule has 5 nitrogen and oxygen atoms in total. The normalized spacial score (nSPS) is 9.71. The number of rotatable bonds is 1. The lowest BCUT2D eigenvalue weighted by Crippen LogP contribution is -2.35. The second kappa shape index (κ2) is 4.88. The Bertz CT molecular complexity index is 576. The van der Waals surface area contributed by atoms with Crippen LogP contribution in [0.2, 0.25) is 0 Å². The lowest BCUT2D eigenvalue weighted by Gasteiger charge is -2.03. The third kappa shape index (κ3) is 2.57. The number of aromatic nitrogens is 1. The topological polar surface area (TPSA) is 83.9 Å². The highest BCUT2D eigenvalue weighted by molar-refractivity contribution is 6.06. The minimum Gasteiger partial charge on any atom is -0.370 e. The Morgan fingerprint density at radius 3 is 2.76 bits per heavy atom. The van der Waals surface area contributed by atoms with Crippen molar-refractivity contribution in [2.24, 2.45) is 12.8 Å². The summed E-state index contributed by atoms with van der Waals surface area (Å²) in [6, 6.07) is 7.28. The number of nitrogens with one attached hydrogen (secondary N) is 2. The first kappa shape index (κ1) is 13.1. The molecule has 0 radical (unpaired) electrons. The smallest absolute Gasteiger partial charge is 0.257 e. The summed E-state index contributed by atoms with van der Waals surface area (Å²) >= 11 is 0. The fourth-order valence-corrected chi connectivity index (χ4v) is 1.62. The molecule has 0 spiro atoms. The average molecular weight is 253 g/mol. The van der Waals surface area contributed by atoms with Crippen molar-refractivity contribution in [2.75, 3.05) is 0 Å². The van der Waals surface area contributed by atoms with E-state index >= 15 is 0 Å². The molecule has 17 heavy (non-hydrogen) atoms. The Balaban J connectivity index is 0.00000144. The number of nitrogens with two attached hydrogens (primary N) is 1. The van der Waals surface area contributed by atoms with Crippen LogP contribution in [0.4, 0.5) is 0 Å². The lowest BCUT2D eigenvalue weighted by atomic mass is 10.1. The number of amides is 1. The quantitative estimate of drug-likeness (QED) is 0.527. The SMILES string of the molecule is Cl.Cn1ccc2cc(C(=O)NC(=N)N)ccc21. The van der Waals surface area contributed by atoms with Gasteiger partial charge < -0.3 is 10.3 Å². The number of benzene rings is 1. The summed E-state index contributed by atoms with van der Waals surface area (Å²) in [6.07, 6.45) is 1.93. The van der Waals surface area contributed by atoms with Crippen molar-refractivity contribution in [2.45, 2.75) is 0 Å². The molecule has 2 aromatic rings. The number of guanidine groups is 1. The van der Waals surface area contributed by atoms with E-state index in [0.717, 1.165) is 10.9 Å². The fourth-order valence-electron chi connectivity index (χ4n) is 1.62. The third-order valence-corrected chi connectivity index (χ3v) is 2.40. The maximum Gasteiger partial charge on any atom is 0.257 e. The highest BCUT2D eigenvalue weighted by atomic mass is 35.5. The van der Waals surface area contributed by atoms with Crippen LogP contribution in [0.5, 0.6) is 0 Å².